The van der Waals surface area contributed by atoms with E-state index in [9.17, 15) is 47.0 Å². The number of esters is 3. The highest BCUT2D eigenvalue weighted by Gasteiger charge is 2.83. The van der Waals surface area contributed by atoms with Gasteiger partial charge in [0.1, 0.15) is 46.7 Å². The Bertz CT molecular complexity index is 2140. The molecule has 6 rings (SSSR count). The largest absolute Gasteiger partial charge is 0.459 e. The van der Waals surface area contributed by atoms with Gasteiger partial charge in [0, 0.05) is 42.7 Å². The first kappa shape index (κ1) is 43.7. The van der Waals surface area contributed by atoms with Gasteiger partial charge in [0.15, 0.2) is 11.4 Å². The van der Waals surface area contributed by atoms with Crippen LogP contribution < -0.4 is 0 Å². The zero-order valence-corrected chi connectivity index (χ0v) is 34.0. The number of benzene rings is 2. The van der Waals surface area contributed by atoms with Crippen LogP contribution in [0.2, 0.25) is 0 Å². The SMILES string of the molecule is CC(=O)[C@]1(OC(=O)/C=C/c2cc(F)cc(F)c2)CC[C@@]2(O)[C@]1(C)[C@H](OC(=O)/C=C(\C)C(C)C)CC1[C@@]3(C)CC[C@H](OC(=O)/C=C/c4cc(F)cc(F)c4)CC3=CC[C@]12O. The molecule has 0 bridgehead atoms. The molecule has 13 heteroatoms. The van der Waals surface area contributed by atoms with E-state index < -0.39 is 92.7 Å². The Hall–Kier alpha value is -4.88. The van der Waals surface area contributed by atoms with Gasteiger partial charge in [-0.25, -0.2) is 31.9 Å². The fraction of sp³-hybridized carbons (Fsp3) is 0.478. The first-order chi connectivity index (χ1) is 27.6. The van der Waals surface area contributed by atoms with E-state index in [1.165, 1.54) is 26.0 Å². The van der Waals surface area contributed by atoms with E-state index in [1.807, 2.05) is 26.8 Å². The number of hydrogen-bond acceptors (Lipinski definition) is 9. The standard InChI is InChI=1S/C46H50F4O9/c1-26(2)27(3)17-41(54)58-38-25-37-42(5)13-12-36(57-39(52)9-7-29-18-32(47)23-33(48)19-29)22-31(42)11-14-44(37,55)46(56)16-15-45(28(4)51,43(38,46)6)59-40(53)10-8-30-20-34(49)24-35(50)21-30/h7-11,17-21,23-24,26,36-38,55-56H,12-16,22,25H2,1-6H3/b9-7+,10-8+,27-17+/t36-,37?,38+,42-,43+,44-,45+,46+/m0/s1. The summed E-state index contributed by atoms with van der Waals surface area (Å²) >= 11 is 0. The smallest absolute Gasteiger partial charge is 0.331 e. The van der Waals surface area contributed by atoms with Gasteiger partial charge < -0.3 is 24.4 Å². The maximum absolute atomic E-state index is 14.0. The van der Waals surface area contributed by atoms with Crippen molar-refractivity contribution in [3.05, 3.63) is 106 Å². The molecule has 0 amide bonds. The van der Waals surface area contributed by atoms with Crippen molar-refractivity contribution >= 4 is 35.8 Å². The number of fused-ring (bicyclic) bond motifs is 5. The van der Waals surface area contributed by atoms with Gasteiger partial charge >= 0.3 is 17.9 Å². The van der Waals surface area contributed by atoms with Crippen LogP contribution in [-0.4, -0.2) is 62.9 Å². The maximum Gasteiger partial charge on any atom is 0.331 e. The second-order valence-electron chi connectivity index (χ2n) is 17.3. The van der Waals surface area contributed by atoms with E-state index in [2.05, 4.69) is 0 Å². The third-order valence-corrected chi connectivity index (χ3v) is 13.8. The molecule has 3 saturated carbocycles. The monoisotopic (exact) mass is 822 g/mol. The molecule has 0 spiro atoms. The molecule has 0 saturated heterocycles. The number of carbonyl (C=O) groups is 4. The Morgan fingerprint density at radius 2 is 1.34 bits per heavy atom. The average molecular weight is 823 g/mol. The highest BCUT2D eigenvalue weighted by atomic mass is 19.1. The average Bonchev–Trinajstić information content (AvgIpc) is 3.39. The summed E-state index contributed by atoms with van der Waals surface area (Å²) in [6.45, 7) is 10.2. The maximum atomic E-state index is 14.0. The van der Waals surface area contributed by atoms with Crippen molar-refractivity contribution < 1.29 is 61.2 Å². The van der Waals surface area contributed by atoms with Crippen LogP contribution in [0.25, 0.3) is 12.2 Å². The van der Waals surface area contributed by atoms with Crippen molar-refractivity contribution in [3.63, 3.8) is 0 Å². The number of carbonyl (C=O) groups excluding carboxylic acids is 4. The van der Waals surface area contributed by atoms with Crippen LogP contribution in [0.4, 0.5) is 17.6 Å². The number of halogens is 4. The fourth-order valence-corrected chi connectivity index (χ4v) is 10.3. The third-order valence-electron chi connectivity index (χ3n) is 13.8. The summed E-state index contributed by atoms with van der Waals surface area (Å²) in [5, 5.41) is 26.2. The Labute approximate surface area is 340 Å². The first-order valence-corrected chi connectivity index (χ1v) is 19.8. The summed E-state index contributed by atoms with van der Waals surface area (Å²) in [6.07, 6.45) is 6.04. The van der Waals surface area contributed by atoms with E-state index in [4.69, 9.17) is 14.2 Å². The molecule has 316 valence electrons. The minimum atomic E-state index is -2.18. The molecule has 9 nitrogen and oxygen atoms in total. The van der Waals surface area contributed by atoms with E-state index in [0.29, 0.717) is 24.5 Å². The first-order valence-electron chi connectivity index (χ1n) is 19.8. The molecule has 59 heavy (non-hydrogen) atoms. The van der Waals surface area contributed by atoms with E-state index in [0.717, 1.165) is 54.1 Å². The Kier molecular flexibility index (Phi) is 11.8. The number of aliphatic hydroxyl groups is 2. The summed E-state index contributed by atoms with van der Waals surface area (Å²) in [5.74, 6) is -7.29. The minimum absolute atomic E-state index is 0.0114. The molecular weight excluding hydrogens is 772 g/mol. The number of ketones is 1. The molecule has 0 radical (unpaired) electrons. The molecule has 2 N–H and O–H groups in total. The zero-order valence-electron chi connectivity index (χ0n) is 34.0. The second kappa shape index (κ2) is 15.9. The fourth-order valence-electron chi connectivity index (χ4n) is 10.3. The molecule has 2 aromatic carbocycles. The summed E-state index contributed by atoms with van der Waals surface area (Å²) in [6, 6.07) is 5.55. The number of hydrogen-bond donors (Lipinski definition) is 2. The van der Waals surface area contributed by atoms with Gasteiger partial charge in [0.2, 0.25) is 0 Å². The molecule has 3 fully saturated rings. The molecule has 8 atom stereocenters. The van der Waals surface area contributed by atoms with Crippen LogP contribution in [0.5, 0.6) is 0 Å². The lowest BCUT2D eigenvalue weighted by atomic mass is 9.42. The van der Waals surface area contributed by atoms with Gasteiger partial charge in [-0.1, -0.05) is 38.0 Å². The van der Waals surface area contributed by atoms with Crippen LogP contribution in [0.1, 0.15) is 97.6 Å². The third kappa shape index (κ3) is 7.72. The summed E-state index contributed by atoms with van der Waals surface area (Å²) < 4.78 is 73.1. The molecule has 0 aliphatic heterocycles. The Balaban J connectivity index is 1.34. The van der Waals surface area contributed by atoms with E-state index in [1.54, 1.807) is 6.92 Å². The molecular formula is C46H50F4O9. The molecule has 0 aromatic heterocycles. The van der Waals surface area contributed by atoms with Gasteiger partial charge in [-0.15, -0.1) is 0 Å². The van der Waals surface area contributed by atoms with Gasteiger partial charge in [-0.05, 0) is 118 Å². The van der Waals surface area contributed by atoms with Crippen molar-refractivity contribution in [2.45, 2.75) is 115 Å². The van der Waals surface area contributed by atoms with Gasteiger partial charge in [0.25, 0.3) is 0 Å². The number of Topliss-reactive ketones (excluding diaryl/α,β-unsaturated/α-hetero) is 1. The highest BCUT2D eigenvalue weighted by Crippen LogP contribution is 2.71. The van der Waals surface area contributed by atoms with Crippen molar-refractivity contribution in [1.82, 2.24) is 0 Å². The van der Waals surface area contributed by atoms with Gasteiger partial charge in [0.05, 0.1) is 5.41 Å². The highest BCUT2D eigenvalue weighted by molar-refractivity contribution is 5.94. The topological polar surface area (TPSA) is 136 Å². The van der Waals surface area contributed by atoms with Crippen LogP contribution in [0, 0.1) is 45.9 Å². The number of allylic oxidation sites excluding steroid dienone is 1. The molecule has 4 aliphatic carbocycles. The lowest BCUT2D eigenvalue weighted by molar-refractivity contribution is -0.315. The Morgan fingerprint density at radius 1 is 0.780 bits per heavy atom. The van der Waals surface area contributed by atoms with Gasteiger partial charge in [-0.2, -0.15) is 0 Å². The predicted octanol–water partition coefficient (Wildman–Crippen LogP) is 8.07. The van der Waals surface area contributed by atoms with Crippen molar-refractivity contribution in [1.29, 1.82) is 0 Å². The normalized spacial score (nSPS) is 32.9. The summed E-state index contributed by atoms with van der Waals surface area (Å²) in [4.78, 5) is 54.1. The summed E-state index contributed by atoms with van der Waals surface area (Å²) in [5.41, 5.74) is -7.26. The van der Waals surface area contributed by atoms with Crippen LogP contribution in [0.15, 0.2) is 71.8 Å². The van der Waals surface area contributed by atoms with Crippen molar-refractivity contribution in [2.24, 2.45) is 22.7 Å². The Morgan fingerprint density at radius 3 is 1.88 bits per heavy atom. The molecule has 1 unspecified atom stereocenters. The number of ether oxygens (including phenoxy) is 3. The van der Waals surface area contributed by atoms with Crippen LogP contribution in [-0.2, 0) is 33.4 Å². The van der Waals surface area contributed by atoms with Crippen molar-refractivity contribution in [2.75, 3.05) is 0 Å². The summed E-state index contributed by atoms with van der Waals surface area (Å²) in [7, 11) is 0. The lowest BCUT2D eigenvalue weighted by Crippen LogP contribution is -2.78. The second-order valence-corrected chi connectivity index (χ2v) is 17.3. The minimum Gasteiger partial charge on any atom is -0.459 e. The van der Waals surface area contributed by atoms with Crippen molar-refractivity contribution in [3.8, 4) is 0 Å². The number of rotatable bonds is 10. The van der Waals surface area contributed by atoms with E-state index in [-0.39, 0.29) is 49.1 Å². The molecule has 0 heterocycles. The van der Waals surface area contributed by atoms with E-state index >= 15 is 0 Å². The van der Waals surface area contributed by atoms with Gasteiger partial charge in [-0.3, -0.25) is 4.79 Å². The van der Waals surface area contributed by atoms with Crippen LogP contribution >= 0.6 is 0 Å². The molecule has 4 aliphatic rings. The zero-order chi connectivity index (χ0) is 43.3. The predicted molar refractivity (Wildman–Crippen MR) is 209 cm³/mol. The lowest BCUT2D eigenvalue weighted by Gasteiger charge is -2.67. The quantitative estimate of drug-likeness (QED) is 0.0802. The molecule has 2 aromatic rings. The van der Waals surface area contributed by atoms with Crippen LogP contribution in [0.3, 0.4) is 0 Å².